The van der Waals surface area contributed by atoms with Crippen LogP contribution in [0.1, 0.15) is 5.56 Å². The molecule has 2 rings (SSSR count). The van der Waals surface area contributed by atoms with Gasteiger partial charge >= 0.3 is 0 Å². The van der Waals surface area contributed by atoms with Crippen LogP contribution in [0.5, 0.6) is 5.75 Å². The highest BCUT2D eigenvalue weighted by atomic mass is 35.5. The molecular formula is C18H20Cl2N2O4S. The minimum absolute atomic E-state index is 0.151. The van der Waals surface area contributed by atoms with Gasteiger partial charge in [-0.3, -0.25) is 9.10 Å². The zero-order chi connectivity index (χ0) is 20.0. The van der Waals surface area contributed by atoms with Gasteiger partial charge in [0.25, 0.3) is 0 Å². The van der Waals surface area contributed by atoms with Gasteiger partial charge in [-0.15, -0.1) is 0 Å². The van der Waals surface area contributed by atoms with E-state index < -0.39 is 22.5 Å². The molecule has 0 spiro atoms. The number of hydrogen-bond acceptors (Lipinski definition) is 4. The monoisotopic (exact) mass is 430 g/mol. The number of ether oxygens (including phenoxy) is 1. The van der Waals surface area contributed by atoms with Crippen molar-refractivity contribution in [1.29, 1.82) is 0 Å². The van der Waals surface area contributed by atoms with E-state index in [1.165, 1.54) is 18.2 Å². The smallest absolute Gasteiger partial charge is 0.240 e. The average Bonchev–Trinajstić information content (AvgIpc) is 2.58. The van der Waals surface area contributed by atoms with E-state index in [2.05, 4.69) is 5.32 Å². The number of hydrogen-bond donors (Lipinski definition) is 1. The molecule has 0 unspecified atom stereocenters. The van der Waals surface area contributed by atoms with Gasteiger partial charge in [-0.2, -0.15) is 0 Å². The molecule has 2 aromatic rings. The Kier molecular flexibility index (Phi) is 7.35. The molecule has 0 aliphatic heterocycles. The van der Waals surface area contributed by atoms with Crippen molar-refractivity contribution in [1.82, 2.24) is 5.32 Å². The highest BCUT2D eigenvalue weighted by Crippen LogP contribution is 2.30. The summed E-state index contributed by atoms with van der Waals surface area (Å²) in [6.07, 6.45) is 0.998. The molecule has 1 amide bonds. The van der Waals surface area contributed by atoms with E-state index in [0.717, 1.165) is 16.1 Å². The van der Waals surface area contributed by atoms with Crippen LogP contribution in [0.3, 0.4) is 0 Å². The fraction of sp³-hybridized carbons (Fsp3) is 0.278. The van der Waals surface area contributed by atoms with Gasteiger partial charge in [0.2, 0.25) is 15.9 Å². The van der Waals surface area contributed by atoms with Crippen molar-refractivity contribution >= 4 is 44.8 Å². The highest BCUT2D eigenvalue weighted by molar-refractivity contribution is 7.92. The zero-order valence-electron chi connectivity index (χ0n) is 14.9. The Morgan fingerprint density at radius 2 is 1.93 bits per heavy atom. The predicted molar refractivity (Wildman–Crippen MR) is 108 cm³/mol. The van der Waals surface area contributed by atoms with Crippen molar-refractivity contribution in [2.24, 2.45) is 0 Å². The number of nitrogens with zero attached hydrogens (tertiary/aromatic N) is 1. The molecule has 0 aliphatic carbocycles. The van der Waals surface area contributed by atoms with Crippen LogP contribution in [-0.2, 0) is 14.8 Å². The molecular weight excluding hydrogens is 411 g/mol. The second-order valence-electron chi connectivity index (χ2n) is 5.88. The molecule has 0 atom stereocenters. The standard InChI is InChI=1S/C18H20Cl2N2O4S/c1-13-4-3-5-15(10-13)26-9-8-21-18(23)12-22(27(2,24)25)17-11-14(19)6-7-16(17)20/h3-7,10-11H,8-9,12H2,1-2H3,(H,21,23). The third-order valence-corrected chi connectivity index (χ3v) is 5.23. The summed E-state index contributed by atoms with van der Waals surface area (Å²) in [5.74, 6) is 0.219. The first kappa shape index (κ1) is 21.3. The van der Waals surface area contributed by atoms with Crippen molar-refractivity contribution in [3.05, 3.63) is 58.1 Å². The van der Waals surface area contributed by atoms with Gasteiger partial charge in [-0.25, -0.2) is 8.42 Å². The van der Waals surface area contributed by atoms with Gasteiger partial charge in [0.15, 0.2) is 0 Å². The lowest BCUT2D eigenvalue weighted by molar-refractivity contribution is -0.119. The molecule has 0 aromatic heterocycles. The van der Waals surface area contributed by atoms with Gasteiger partial charge in [-0.1, -0.05) is 35.3 Å². The minimum Gasteiger partial charge on any atom is -0.492 e. The number of amides is 1. The highest BCUT2D eigenvalue weighted by Gasteiger charge is 2.23. The third-order valence-electron chi connectivity index (χ3n) is 3.55. The summed E-state index contributed by atoms with van der Waals surface area (Å²) in [6, 6.07) is 12.0. The SMILES string of the molecule is Cc1cccc(OCCNC(=O)CN(c2cc(Cl)ccc2Cl)S(C)(=O)=O)c1. The van der Waals surface area contributed by atoms with E-state index in [4.69, 9.17) is 27.9 Å². The molecule has 0 aliphatic rings. The number of rotatable bonds is 8. The number of halogens is 2. The molecule has 6 nitrogen and oxygen atoms in total. The zero-order valence-corrected chi connectivity index (χ0v) is 17.2. The lowest BCUT2D eigenvalue weighted by Crippen LogP contribution is -2.41. The summed E-state index contributed by atoms with van der Waals surface area (Å²) >= 11 is 12.0. The fourth-order valence-electron chi connectivity index (χ4n) is 2.31. The second kappa shape index (κ2) is 9.30. The van der Waals surface area contributed by atoms with E-state index in [1.807, 2.05) is 31.2 Å². The second-order valence-corrected chi connectivity index (χ2v) is 8.63. The van der Waals surface area contributed by atoms with Crippen molar-refractivity contribution in [3.8, 4) is 5.75 Å². The minimum atomic E-state index is -3.73. The van der Waals surface area contributed by atoms with Gasteiger partial charge < -0.3 is 10.1 Å². The molecule has 0 heterocycles. The predicted octanol–water partition coefficient (Wildman–Crippen LogP) is 3.26. The normalized spacial score (nSPS) is 11.1. The van der Waals surface area contributed by atoms with Crippen molar-refractivity contribution in [2.45, 2.75) is 6.92 Å². The largest absolute Gasteiger partial charge is 0.492 e. The lowest BCUT2D eigenvalue weighted by atomic mass is 10.2. The van der Waals surface area contributed by atoms with Crippen LogP contribution in [-0.4, -0.2) is 40.3 Å². The van der Waals surface area contributed by atoms with Crippen LogP contribution in [0, 0.1) is 6.92 Å². The maximum Gasteiger partial charge on any atom is 0.240 e. The van der Waals surface area contributed by atoms with Crippen LogP contribution in [0.15, 0.2) is 42.5 Å². The quantitative estimate of drug-likeness (QED) is 0.651. The van der Waals surface area contributed by atoms with E-state index in [9.17, 15) is 13.2 Å². The molecule has 1 N–H and O–H groups in total. The lowest BCUT2D eigenvalue weighted by Gasteiger charge is -2.23. The van der Waals surface area contributed by atoms with Gasteiger partial charge in [0.05, 0.1) is 23.5 Å². The summed E-state index contributed by atoms with van der Waals surface area (Å²) in [6.45, 7) is 2.03. The van der Waals surface area contributed by atoms with Crippen LogP contribution < -0.4 is 14.4 Å². The Balaban J connectivity index is 1.95. The van der Waals surface area contributed by atoms with E-state index in [1.54, 1.807) is 0 Å². The Morgan fingerprint density at radius 3 is 2.59 bits per heavy atom. The van der Waals surface area contributed by atoms with Crippen molar-refractivity contribution in [2.75, 3.05) is 30.3 Å². The van der Waals surface area contributed by atoms with Gasteiger partial charge in [0, 0.05) is 5.02 Å². The van der Waals surface area contributed by atoms with E-state index in [-0.39, 0.29) is 23.9 Å². The van der Waals surface area contributed by atoms with Crippen LogP contribution in [0.4, 0.5) is 5.69 Å². The number of nitrogens with one attached hydrogen (secondary N) is 1. The number of anilines is 1. The van der Waals surface area contributed by atoms with Crippen LogP contribution in [0.2, 0.25) is 10.0 Å². The molecule has 0 radical (unpaired) electrons. The first-order valence-electron chi connectivity index (χ1n) is 8.06. The number of aryl methyl sites for hydroxylation is 1. The molecule has 0 fully saturated rings. The Labute approximate surface area is 169 Å². The van der Waals surface area contributed by atoms with Crippen LogP contribution >= 0.6 is 23.2 Å². The summed E-state index contributed by atoms with van der Waals surface area (Å²) in [7, 11) is -3.73. The Hall–Kier alpha value is -1.96. The van der Waals surface area contributed by atoms with E-state index in [0.29, 0.717) is 10.8 Å². The topological polar surface area (TPSA) is 75.7 Å². The third kappa shape index (κ3) is 6.61. The number of sulfonamides is 1. The molecule has 0 saturated carbocycles. The van der Waals surface area contributed by atoms with Crippen molar-refractivity contribution in [3.63, 3.8) is 0 Å². The molecule has 27 heavy (non-hydrogen) atoms. The molecule has 0 saturated heterocycles. The Morgan fingerprint density at radius 1 is 1.19 bits per heavy atom. The van der Waals surface area contributed by atoms with E-state index >= 15 is 0 Å². The summed E-state index contributed by atoms with van der Waals surface area (Å²) in [4.78, 5) is 12.2. The first-order valence-corrected chi connectivity index (χ1v) is 10.7. The first-order chi connectivity index (χ1) is 12.7. The van der Waals surface area contributed by atoms with Gasteiger partial charge in [0.1, 0.15) is 18.9 Å². The molecule has 146 valence electrons. The molecule has 9 heteroatoms. The van der Waals surface area contributed by atoms with Gasteiger partial charge in [-0.05, 0) is 42.8 Å². The molecule has 2 aromatic carbocycles. The fourth-order valence-corrected chi connectivity index (χ4v) is 3.60. The van der Waals surface area contributed by atoms with Crippen molar-refractivity contribution < 1.29 is 17.9 Å². The summed E-state index contributed by atoms with van der Waals surface area (Å²) in [5, 5.41) is 3.12. The Bertz CT molecular complexity index is 919. The van der Waals surface area contributed by atoms with Crippen LogP contribution in [0.25, 0.3) is 0 Å². The number of benzene rings is 2. The average molecular weight is 431 g/mol. The summed E-state index contributed by atoms with van der Waals surface area (Å²) < 4.78 is 30.7. The maximum absolute atomic E-state index is 12.2. The maximum atomic E-state index is 12.2. The summed E-state index contributed by atoms with van der Waals surface area (Å²) in [5.41, 5.74) is 1.22. The number of carbonyl (C=O) groups is 1. The number of carbonyl (C=O) groups excluding carboxylic acids is 1. The molecule has 0 bridgehead atoms.